The lowest BCUT2D eigenvalue weighted by Gasteiger charge is -2.07. The highest BCUT2D eigenvalue weighted by Gasteiger charge is 2.35. The third-order valence-corrected chi connectivity index (χ3v) is 3.49. The first-order valence-electron chi connectivity index (χ1n) is 7.32. The number of aromatic amines is 1. The van der Waals surface area contributed by atoms with Crippen LogP contribution in [-0.2, 0) is 36.2 Å². The van der Waals surface area contributed by atoms with Gasteiger partial charge in [-0.15, -0.1) is 0 Å². The lowest BCUT2D eigenvalue weighted by molar-refractivity contribution is -0.141. The first kappa shape index (κ1) is 19.2. The highest BCUT2D eigenvalue weighted by atomic mass is 19.4. The Labute approximate surface area is 144 Å². The Morgan fingerprint density at radius 1 is 1.35 bits per heavy atom. The fourth-order valence-electron chi connectivity index (χ4n) is 2.16. The molecule has 140 valence electrons. The van der Waals surface area contributed by atoms with Gasteiger partial charge < -0.3 is 9.30 Å². The van der Waals surface area contributed by atoms with E-state index in [1.54, 1.807) is 0 Å². The molecule has 0 saturated heterocycles. The van der Waals surface area contributed by atoms with Crippen LogP contribution in [0.15, 0.2) is 28.1 Å². The van der Waals surface area contributed by atoms with Crippen LogP contribution in [0.4, 0.5) is 13.2 Å². The normalized spacial score (nSPS) is 11.9. The van der Waals surface area contributed by atoms with Crippen LogP contribution in [0.25, 0.3) is 6.08 Å². The number of hydrogen-bond acceptors (Lipinski definition) is 5. The molecule has 0 amide bonds. The summed E-state index contributed by atoms with van der Waals surface area (Å²) in [5.41, 5.74) is -2.14. The van der Waals surface area contributed by atoms with Crippen molar-refractivity contribution >= 4 is 12.0 Å². The SMILES string of the molecule is Cn1cc(C=CC(=O)OCCc2cn[nH]c2C(F)(F)F)c(=O)n(C)c1=O. The molecule has 2 rings (SSSR count). The number of aryl methyl sites for hydroxylation is 1. The van der Waals surface area contributed by atoms with E-state index in [0.717, 1.165) is 16.8 Å². The molecule has 0 atom stereocenters. The molecule has 1 N–H and O–H groups in total. The average Bonchev–Trinajstić information content (AvgIpc) is 3.04. The minimum atomic E-state index is -4.57. The molecule has 0 unspecified atom stereocenters. The second kappa shape index (κ2) is 7.42. The molecule has 8 nitrogen and oxygen atoms in total. The van der Waals surface area contributed by atoms with Crippen molar-refractivity contribution in [2.45, 2.75) is 12.6 Å². The molecule has 0 spiro atoms. The molecular formula is C15H15F3N4O4. The van der Waals surface area contributed by atoms with Crippen LogP contribution < -0.4 is 11.2 Å². The number of esters is 1. The third-order valence-electron chi connectivity index (χ3n) is 3.49. The first-order valence-corrected chi connectivity index (χ1v) is 7.32. The molecule has 0 radical (unpaired) electrons. The summed E-state index contributed by atoms with van der Waals surface area (Å²) in [6.07, 6.45) is -0.341. The zero-order valence-electron chi connectivity index (χ0n) is 13.8. The van der Waals surface area contributed by atoms with Crippen LogP contribution in [0.2, 0.25) is 0 Å². The van der Waals surface area contributed by atoms with Crippen molar-refractivity contribution in [3.8, 4) is 0 Å². The Morgan fingerprint density at radius 2 is 2.04 bits per heavy atom. The Morgan fingerprint density at radius 3 is 2.69 bits per heavy atom. The number of halogens is 3. The maximum atomic E-state index is 12.7. The molecule has 0 aliphatic heterocycles. The van der Waals surface area contributed by atoms with E-state index in [9.17, 15) is 27.6 Å². The van der Waals surface area contributed by atoms with Gasteiger partial charge in [0.15, 0.2) is 0 Å². The van der Waals surface area contributed by atoms with Gasteiger partial charge in [0, 0.05) is 38.4 Å². The fourth-order valence-corrected chi connectivity index (χ4v) is 2.16. The lowest BCUT2D eigenvalue weighted by Crippen LogP contribution is -2.37. The van der Waals surface area contributed by atoms with Gasteiger partial charge in [-0.1, -0.05) is 0 Å². The molecule has 2 aromatic rings. The quantitative estimate of drug-likeness (QED) is 0.613. The van der Waals surface area contributed by atoms with E-state index in [4.69, 9.17) is 4.74 Å². The van der Waals surface area contributed by atoms with Gasteiger partial charge in [-0.05, 0) is 6.08 Å². The summed E-state index contributed by atoms with van der Waals surface area (Å²) < 4.78 is 44.8. The third kappa shape index (κ3) is 4.29. The number of H-pyrrole nitrogens is 1. The summed E-state index contributed by atoms with van der Waals surface area (Å²) in [7, 11) is 2.74. The van der Waals surface area contributed by atoms with Crippen molar-refractivity contribution in [1.82, 2.24) is 19.3 Å². The average molecular weight is 372 g/mol. The molecule has 2 heterocycles. The van der Waals surface area contributed by atoms with E-state index >= 15 is 0 Å². The maximum Gasteiger partial charge on any atom is 0.433 e. The van der Waals surface area contributed by atoms with Crippen molar-refractivity contribution in [3.05, 3.63) is 56.1 Å². The molecular weight excluding hydrogens is 357 g/mol. The number of rotatable bonds is 5. The highest BCUT2D eigenvalue weighted by Crippen LogP contribution is 2.30. The smallest absolute Gasteiger partial charge is 0.433 e. The molecule has 0 aliphatic carbocycles. The van der Waals surface area contributed by atoms with Crippen molar-refractivity contribution < 1.29 is 22.7 Å². The molecule has 0 aromatic carbocycles. The predicted octanol–water partition coefficient (Wildman–Crippen LogP) is 0.625. The Bertz CT molecular complexity index is 953. The topological polar surface area (TPSA) is 99.0 Å². The van der Waals surface area contributed by atoms with Crippen molar-refractivity contribution in [3.63, 3.8) is 0 Å². The lowest BCUT2D eigenvalue weighted by atomic mass is 10.2. The second-order valence-corrected chi connectivity index (χ2v) is 5.36. The number of carbonyl (C=O) groups is 1. The van der Waals surface area contributed by atoms with Crippen LogP contribution in [-0.4, -0.2) is 31.9 Å². The van der Waals surface area contributed by atoms with Gasteiger partial charge in [0.05, 0.1) is 18.4 Å². The molecule has 0 aliphatic rings. The molecule has 2 aromatic heterocycles. The van der Waals surface area contributed by atoms with Crippen LogP contribution in [0.5, 0.6) is 0 Å². The van der Waals surface area contributed by atoms with E-state index < -0.39 is 29.1 Å². The van der Waals surface area contributed by atoms with Gasteiger partial charge in [0.1, 0.15) is 5.69 Å². The van der Waals surface area contributed by atoms with E-state index in [1.807, 2.05) is 5.10 Å². The number of hydrogen-bond donors (Lipinski definition) is 1. The zero-order valence-corrected chi connectivity index (χ0v) is 13.8. The number of ether oxygens (including phenoxy) is 1. The number of nitrogens with zero attached hydrogens (tertiary/aromatic N) is 3. The Kier molecular flexibility index (Phi) is 5.48. The standard InChI is InChI=1S/C15H15F3N4O4/c1-21-8-10(13(24)22(2)14(21)25)3-4-11(23)26-6-5-9-7-19-20-12(9)15(16,17)18/h3-4,7-8H,5-6H2,1-2H3,(H,19,20). The minimum absolute atomic E-state index is 0.0840. The summed E-state index contributed by atoms with van der Waals surface area (Å²) in [6.45, 7) is -0.295. The number of nitrogens with one attached hydrogen (secondary N) is 1. The van der Waals surface area contributed by atoms with Gasteiger partial charge in [0.2, 0.25) is 0 Å². The van der Waals surface area contributed by atoms with Crippen molar-refractivity contribution in [2.24, 2.45) is 14.1 Å². The van der Waals surface area contributed by atoms with Gasteiger partial charge >= 0.3 is 17.8 Å². The predicted molar refractivity (Wildman–Crippen MR) is 84.2 cm³/mol. The first-order chi connectivity index (χ1) is 12.1. The molecule has 0 saturated carbocycles. The molecule has 0 bridgehead atoms. The van der Waals surface area contributed by atoms with E-state index in [0.29, 0.717) is 0 Å². The monoisotopic (exact) mass is 372 g/mol. The van der Waals surface area contributed by atoms with Crippen LogP contribution in [0.1, 0.15) is 16.8 Å². The van der Waals surface area contributed by atoms with Gasteiger partial charge in [-0.25, -0.2) is 9.59 Å². The summed E-state index contributed by atoms with van der Waals surface area (Å²) in [5, 5.41) is 5.19. The largest absolute Gasteiger partial charge is 0.462 e. The number of alkyl halides is 3. The Hall–Kier alpha value is -3.11. The minimum Gasteiger partial charge on any atom is -0.462 e. The maximum absolute atomic E-state index is 12.7. The van der Waals surface area contributed by atoms with E-state index in [2.05, 4.69) is 5.10 Å². The van der Waals surface area contributed by atoms with Crippen LogP contribution in [0.3, 0.4) is 0 Å². The molecule has 11 heteroatoms. The van der Waals surface area contributed by atoms with Crippen molar-refractivity contribution in [2.75, 3.05) is 6.61 Å². The van der Waals surface area contributed by atoms with Crippen molar-refractivity contribution in [1.29, 1.82) is 0 Å². The summed E-state index contributed by atoms with van der Waals surface area (Å²) in [6, 6.07) is 0. The van der Waals surface area contributed by atoms with Crippen LogP contribution in [0, 0.1) is 0 Å². The Balaban J connectivity index is 1.98. The summed E-state index contributed by atoms with van der Waals surface area (Å²) in [5.74, 6) is -0.835. The summed E-state index contributed by atoms with van der Waals surface area (Å²) >= 11 is 0. The second-order valence-electron chi connectivity index (χ2n) is 5.36. The summed E-state index contributed by atoms with van der Waals surface area (Å²) in [4.78, 5) is 35.1. The highest BCUT2D eigenvalue weighted by molar-refractivity contribution is 5.86. The zero-order chi connectivity index (χ0) is 19.5. The van der Waals surface area contributed by atoms with Gasteiger partial charge in [0.25, 0.3) is 5.56 Å². The van der Waals surface area contributed by atoms with Gasteiger partial charge in [-0.3, -0.25) is 14.5 Å². The molecule has 0 fully saturated rings. The molecule has 26 heavy (non-hydrogen) atoms. The van der Waals surface area contributed by atoms with E-state index in [-0.39, 0.29) is 24.2 Å². The van der Waals surface area contributed by atoms with Gasteiger partial charge in [-0.2, -0.15) is 18.3 Å². The van der Waals surface area contributed by atoms with Crippen LogP contribution >= 0.6 is 0 Å². The van der Waals surface area contributed by atoms with E-state index in [1.165, 1.54) is 30.9 Å². The number of carbonyl (C=O) groups excluding carboxylic acids is 1. The fraction of sp³-hybridized carbons (Fsp3) is 0.333. The number of aromatic nitrogens is 4.